The maximum absolute atomic E-state index is 14.1. The van der Waals surface area contributed by atoms with Crippen LogP contribution < -0.4 is 20.3 Å². The second kappa shape index (κ2) is 14.0. The number of hydrogen-bond donors (Lipinski definition) is 3. The molecule has 1 aliphatic heterocycles. The zero-order valence-electron chi connectivity index (χ0n) is 26.9. The molecule has 11 heteroatoms. The van der Waals surface area contributed by atoms with E-state index in [1.807, 2.05) is 81.5 Å². The highest BCUT2D eigenvalue weighted by atomic mass is 19.1. The number of H-pyrrole nitrogens is 1. The number of aryl methyl sites for hydroxylation is 1. The van der Waals surface area contributed by atoms with Gasteiger partial charge < -0.3 is 35.1 Å². The van der Waals surface area contributed by atoms with Crippen LogP contribution in [0, 0.1) is 12.7 Å². The van der Waals surface area contributed by atoms with Crippen LogP contribution in [0.2, 0.25) is 0 Å². The van der Waals surface area contributed by atoms with Crippen LogP contribution in [-0.2, 0) is 16.1 Å². The molecule has 1 fully saturated rings. The lowest BCUT2D eigenvalue weighted by Crippen LogP contribution is -2.58. The van der Waals surface area contributed by atoms with Crippen molar-refractivity contribution in [3.63, 3.8) is 0 Å². The third-order valence-corrected chi connectivity index (χ3v) is 8.23. The monoisotopic (exact) mass is 628 g/mol. The molecule has 10 nitrogen and oxygen atoms in total. The molecule has 1 saturated heterocycles. The average Bonchev–Trinajstić information content (AvgIpc) is 3.45. The first kappa shape index (κ1) is 32.5. The first-order valence-electron chi connectivity index (χ1n) is 15.4. The van der Waals surface area contributed by atoms with Crippen LogP contribution in [0.3, 0.4) is 0 Å². The Morgan fingerprint density at radius 1 is 1.09 bits per heavy atom. The quantitative estimate of drug-likeness (QED) is 0.223. The number of carbonyl (C=O) groups is 3. The van der Waals surface area contributed by atoms with Gasteiger partial charge in [0.25, 0.3) is 0 Å². The summed E-state index contributed by atoms with van der Waals surface area (Å²) in [6.07, 6.45) is 1.86. The van der Waals surface area contributed by atoms with Crippen molar-refractivity contribution in [3.8, 4) is 5.75 Å². The predicted octanol–water partition coefficient (Wildman–Crippen LogP) is 5.24. The van der Waals surface area contributed by atoms with Gasteiger partial charge in [0.2, 0.25) is 11.8 Å². The second-order valence-corrected chi connectivity index (χ2v) is 11.9. The van der Waals surface area contributed by atoms with Crippen molar-refractivity contribution in [1.82, 2.24) is 20.1 Å². The number of aromatic amines is 1. The van der Waals surface area contributed by atoms with Gasteiger partial charge in [-0.25, -0.2) is 9.18 Å². The SMILES string of the molecule is CCOc1ccc(CN(C)C)cc1NC(=O)[C@H](NC(=O)N1CCN(c2ccc(F)cc2C)C(=O)C1)[C@H](C)c1c[nH]c2ccccc12. The predicted molar refractivity (Wildman–Crippen MR) is 178 cm³/mol. The minimum atomic E-state index is -0.994. The summed E-state index contributed by atoms with van der Waals surface area (Å²) in [5.74, 6) is -1.000. The molecule has 0 saturated carbocycles. The van der Waals surface area contributed by atoms with E-state index in [0.29, 0.717) is 35.8 Å². The summed E-state index contributed by atoms with van der Waals surface area (Å²) < 4.78 is 19.5. The molecule has 1 aliphatic rings. The van der Waals surface area contributed by atoms with Crippen molar-refractivity contribution < 1.29 is 23.5 Å². The molecule has 1 aromatic heterocycles. The van der Waals surface area contributed by atoms with Crippen LogP contribution in [0.1, 0.15) is 36.5 Å². The van der Waals surface area contributed by atoms with Gasteiger partial charge in [-0.2, -0.15) is 0 Å². The summed E-state index contributed by atoms with van der Waals surface area (Å²) >= 11 is 0. The van der Waals surface area contributed by atoms with Crippen LogP contribution in [0.5, 0.6) is 5.75 Å². The van der Waals surface area contributed by atoms with Gasteiger partial charge in [0.05, 0.1) is 12.3 Å². The highest BCUT2D eigenvalue weighted by Gasteiger charge is 2.34. The minimum Gasteiger partial charge on any atom is -0.492 e. The van der Waals surface area contributed by atoms with Crippen LogP contribution in [0.4, 0.5) is 20.6 Å². The van der Waals surface area contributed by atoms with E-state index in [2.05, 4.69) is 15.6 Å². The van der Waals surface area contributed by atoms with Crippen molar-refractivity contribution in [1.29, 1.82) is 0 Å². The summed E-state index contributed by atoms with van der Waals surface area (Å²) in [5.41, 5.74) is 4.53. The topological polar surface area (TPSA) is 110 Å². The smallest absolute Gasteiger partial charge is 0.318 e. The molecule has 4 aromatic rings. The fourth-order valence-electron chi connectivity index (χ4n) is 5.95. The molecule has 46 heavy (non-hydrogen) atoms. The van der Waals surface area contributed by atoms with Gasteiger partial charge in [-0.1, -0.05) is 31.2 Å². The summed E-state index contributed by atoms with van der Waals surface area (Å²) in [4.78, 5) is 49.3. The molecule has 0 bridgehead atoms. The third-order valence-electron chi connectivity index (χ3n) is 8.23. The van der Waals surface area contributed by atoms with E-state index in [1.165, 1.54) is 17.0 Å². The first-order chi connectivity index (χ1) is 22.0. The Morgan fingerprint density at radius 2 is 1.87 bits per heavy atom. The molecule has 3 aromatic carbocycles. The fraction of sp³-hybridized carbons (Fsp3) is 0.343. The van der Waals surface area contributed by atoms with E-state index in [1.54, 1.807) is 17.9 Å². The third kappa shape index (κ3) is 7.15. The number of benzene rings is 3. The fourth-order valence-corrected chi connectivity index (χ4v) is 5.95. The summed E-state index contributed by atoms with van der Waals surface area (Å²) in [7, 11) is 3.93. The molecule has 0 aliphatic carbocycles. The van der Waals surface area contributed by atoms with E-state index in [4.69, 9.17) is 4.74 Å². The Labute approximate surface area is 268 Å². The van der Waals surface area contributed by atoms with Crippen LogP contribution >= 0.6 is 0 Å². The lowest BCUT2D eigenvalue weighted by molar-refractivity contribution is -0.120. The number of ether oxygens (including phenoxy) is 1. The molecule has 5 rings (SSSR count). The highest BCUT2D eigenvalue weighted by molar-refractivity contribution is 6.01. The lowest BCUT2D eigenvalue weighted by Gasteiger charge is -2.36. The molecular weight excluding hydrogens is 587 g/mol. The number of aromatic nitrogens is 1. The maximum atomic E-state index is 14.1. The van der Waals surface area contributed by atoms with E-state index in [-0.39, 0.29) is 31.4 Å². The number of carbonyl (C=O) groups excluding carboxylic acids is 3. The maximum Gasteiger partial charge on any atom is 0.318 e. The molecule has 3 N–H and O–H groups in total. The van der Waals surface area contributed by atoms with Crippen molar-refractivity contribution in [2.75, 3.05) is 50.6 Å². The Balaban J connectivity index is 1.40. The zero-order valence-corrected chi connectivity index (χ0v) is 26.9. The van der Waals surface area contributed by atoms with Crippen molar-refractivity contribution in [2.45, 2.75) is 39.3 Å². The first-order valence-corrected chi connectivity index (χ1v) is 15.4. The van der Waals surface area contributed by atoms with Gasteiger partial charge in [0, 0.05) is 48.3 Å². The number of anilines is 2. The van der Waals surface area contributed by atoms with Gasteiger partial charge in [-0.15, -0.1) is 0 Å². The summed E-state index contributed by atoms with van der Waals surface area (Å²) in [6.45, 7) is 6.90. The normalized spacial score (nSPS) is 14.8. The molecule has 0 spiro atoms. The molecular formula is C35H41FN6O4. The highest BCUT2D eigenvalue weighted by Crippen LogP contribution is 2.31. The molecule has 2 heterocycles. The summed E-state index contributed by atoms with van der Waals surface area (Å²) in [6, 6.07) is 16.2. The number of urea groups is 1. The number of piperazine rings is 1. The van der Waals surface area contributed by atoms with E-state index >= 15 is 0 Å². The number of halogens is 1. The Hall–Kier alpha value is -4.90. The average molecular weight is 629 g/mol. The van der Waals surface area contributed by atoms with E-state index < -0.39 is 23.9 Å². The molecule has 0 unspecified atom stereocenters. The van der Waals surface area contributed by atoms with Gasteiger partial charge >= 0.3 is 6.03 Å². The number of hydrogen-bond acceptors (Lipinski definition) is 5. The number of para-hydroxylation sites is 1. The van der Waals surface area contributed by atoms with Gasteiger partial charge in [-0.3, -0.25) is 9.59 Å². The van der Waals surface area contributed by atoms with Crippen molar-refractivity contribution in [2.24, 2.45) is 0 Å². The Kier molecular flexibility index (Phi) is 9.91. The Bertz CT molecular complexity index is 1740. The van der Waals surface area contributed by atoms with E-state index in [9.17, 15) is 18.8 Å². The number of amides is 4. The van der Waals surface area contributed by atoms with Gasteiger partial charge in [0.15, 0.2) is 0 Å². The minimum absolute atomic E-state index is 0.181. The van der Waals surface area contributed by atoms with Crippen molar-refractivity contribution >= 4 is 40.1 Å². The zero-order chi connectivity index (χ0) is 33.0. The molecule has 4 amide bonds. The summed E-state index contributed by atoms with van der Waals surface area (Å²) in [5, 5.41) is 6.92. The lowest BCUT2D eigenvalue weighted by atomic mass is 9.92. The van der Waals surface area contributed by atoms with Crippen molar-refractivity contribution in [3.05, 3.63) is 89.4 Å². The molecule has 242 valence electrons. The van der Waals surface area contributed by atoms with Crippen LogP contribution in [0.25, 0.3) is 10.9 Å². The standard InChI is InChI=1S/C35H41FN6O4/c1-6-46-31-14-11-24(20-40(4)5)18-29(31)38-34(44)33(23(3)27-19-37-28-10-8-7-9-26(27)28)39-35(45)41-15-16-42(32(43)21-41)30-13-12-25(36)17-22(30)2/h7-14,17-19,23,33,37H,6,15-16,20-21H2,1-5H3,(H,38,44)(H,39,45)/t23-,33-/m1/s1. The Morgan fingerprint density at radius 3 is 2.59 bits per heavy atom. The number of nitrogens with one attached hydrogen (secondary N) is 3. The molecule has 2 atom stereocenters. The van der Waals surface area contributed by atoms with E-state index in [0.717, 1.165) is 22.0 Å². The number of nitrogens with zero attached hydrogens (tertiary/aromatic N) is 3. The second-order valence-electron chi connectivity index (χ2n) is 11.9. The molecule has 0 radical (unpaired) electrons. The van der Waals surface area contributed by atoms with Gasteiger partial charge in [-0.05, 0) is 81.0 Å². The number of rotatable bonds is 10. The number of fused-ring (bicyclic) bond motifs is 1. The van der Waals surface area contributed by atoms with Gasteiger partial charge in [0.1, 0.15) is 24.2 Å². The van der Waals surface area contributed by atoms with Crippen LogP contribution in [-0.4, -0.2) is 79.0 Å². The van der Waals surface area contributed by atoms with Crippen LogP contribution in [0.15, 0.2) is 66.9 Å². The largest absolute Gasteiger partial charge is 0.492 e.